The van der Waals surface area contributed by atoms with Crippen LogP contribution in [0.25, 0.3) is 0 Å². The van der Waals surface area contributed by atoms with E-state index in [0.29, 0.717) is 5.92 Å². The van der Waals surface area contributed by atoms with Crippen LogP contribution in [-0.2, 0) is 5.60 Å². The van der Waals surface area contributed by atoms with Crippen LogP contribution in [0.2, 0.25) is 0 Å². The first kappa shape index (κ1) is 12.8. The van der Waals surface area contributed by atoms with E-state index in [1.807, 2.05) is 30.3 Å². The molecule has 1 atom stereocenters. The first-order valence-electron chi connectivity index (χ1n) is 5.80. The summed E-state index contributed by atoms with van der Waals surface area (Å²) in [5, 5.41) is 10.2. The highest BCUT2D eigenvalue weighted by Crippen LogP contribution is 2.18. The summed E-state index contributed by atoms with van der Waals surface area (Å²) < 4.78 is 0. The molecule has 1 nitrogen and oxygen atoms in total. The Balaban J connectivity index is 2.65. The van der Waals surface area contributed by atoms with Gasteiger partial charge in [-0.1, -0.05) is 56.0 Å². The molecule has 1 N–H and O–H groups in total. The maximum absolute atomic E-state index is 10.2. The van der Waals surface area contributed by atoms with Gasteiger partial charge >= 0.3 is 0 Å². The van der Waals surface area contributed by atoms with Gasteiger partial charge in [0.15, 0.2) is 0 Å². The van der Waals surface area contributed by atoms with E-state index >= 15 is 0 Å². The molecule has 0 aliphatic heterocycles. The first-order chi connectivity index (χ1) is 7.52. The second kappa shape index (κ2) is 5.72. The van der Waals surface area contributed by atoms with E-state index < -0.39 is 5.60 Å². The molecule has 1 heteroatoms. The topological polar surface area (TPSA) is 20.2 Å². The summed E-state index contributed by atoms with van der Waals surface area (Å²) in [6.45, 7) is 6.10. The van der Waals surface area contributed by atoms with Crippen molar-refractivity contribution in [2.45, 2.75) is 39.2 Å². The normalized spacial score (nSPS) is 14.1. The number of hydrogen-bond acceptors (Lipinski definition) is 1. The number of aliphatic hydroxyl groups is 1. The Morgan fingerprint density at radius 3 is 2.44 bits per heavy atom. The Morgan fingerprint density at radius 2 is 1.88 bits per heavy atom. The summed E-state index contributed by atoms with van der Waals surface area (Å²) in [5.74, 6) is 6.65. The van der Waals surface area contributed by atoms with Crippen molar-refractivity contribution in [3.8, 4) is 11.8 Å². The van der Waals surface area contributed by atoms with Crippen LogP contribution in [0.3, 0.4) is 0 Å². The molecule has 0 saturated heterocycles. The lowest BCUT2D eigenvalue weighted by Gasteiger charge is -2.16. The molecule has 0 spiro atoms. The van der Waals surface area contributed by atoms with E-state index in [-0.39, 0.29) is 0 Å². The maximum atomic E-state index is 10.2. The Bertz CT molecular complexity index is 365. The summed E-state index contributed by atoms with van der Waals surface area (Å²) in [6.07, 6.45) is 1.93. The quantitative estimate of drug-likeness (QED) is 0.768. The van der Waals surface area contributed by atoms with Crippen LogP contribution in [0.4, 0.5) is 0 Å². The fraction of sp³-hybridized carbons (Fsp3) is 0.467. The van der Waals surface area contributed by atoms with Gasteiger partial charge in [-0.25, -0.2) is 0 Å². The highest BCUT2D eigenvalue weighted by Gasteiger charge is 2.18. The monoisotopic (exact) mass is 216 g/mol. The molecule has 0 aromatic heterocycles. The van der Waals surface area contributed by atoms with Crippen LogP contribution >= 0.6 is 0 Å². The van der Waals surface area contributed by atoms with Gasteiger partial charge in [-0.3, -0.25) is 0 Å². The van der Waals surface area contributed by atoms with E-state index in [1.54, 1.807) is 6.92 Å². The Labute approximate surface area is 98.5 Å². The Hall–Kier alpha value is -1.26. The zero-order chi connectivity index (χ0) is 12.0. The summed E-state index contributed by atoms with van der Waals surface area (Å²) in [6, 6.07) is 9.57. The van der Waals surface area contributed by atoms with Crippen LogP contribution in [0.5, 0.6) is 0 Å². The minimum atomic E-state index is -1.03. The van der Waals surface area contributed by atoms with Crippen molar-refractivity contribution in [2.75, 3.05) is 0 Å². The van der Waals surface area contributed by atoms with Gasteiger partial charge in [0.2, 0.25) is 0 Å². The number of hydrogen-bond donors (Lipinski definition) is 1. The molecule has 0 aliphatic carbocycles. The average molecular weight is 216 g/mol. The van der Waals surface area contributed by atoms with Crippen molar-refractivity contribution in [1.29, 1.82) is 0 Å². The van der Waals surface area contributed by atoms with Gasteiger partial charge in [-0.2, -0.15) is 0 Å². The molecular formula is C15H20O. The van der Waals surface area contributed by atoms with Crippen molar-refractivity contribution in [2.24, 2.45) is 5.92 Å². The molecule has 0 saturated carbocycles. The van der Waals surface area contributed by atoms with Crippen molar-refractivity contribution in [3.63, 3.8) is 0 Å². The Morgan fingerprint density at radius 1 is 1.25 bits per heavy atom. The van der Waals surface area contributed by atoms with Gasteiger partial charge in [0.25, 0.3) is 0 Å². The van der Waals surface area contributed by atoms with E-state index in [1.165, 1.54) is 0 Å². The number of rotatable bonds is 3. The zero-order valence-corrected chi connectivity index (χ0v) is 10.3. The summed E-state index contributed by atoms with van der Waals surface area (Å²) in [7, 11) is 0. The summed E-state index contributed by atoms with van der Waals surface area (Å²) in [5.41, 5.74) is -0.176. The van der Waals surface area contributed by atoms with E-state index in [2.05, 4.69) is 25.7 Å². The van der Waals surface area contributed by atoms with Crippen LogP contribution in [0.15, 0.2) is 30.3 Å². The third-order valence-corrected chi connectivity index (χ3v) is 2.51. The van der Waals surface area contributed by atoms with Crippen molar-refractivity contribution in [1.82, 2.24) is 0 Å². The lowest BCUT2D eigenvalue weighted by atomic mass is 9.96. The molecule has 1 aromatic carbocycles. The molecule has 0 bridgehead atoms. The predicted molar refractivity (Wildman–Crippen MR) is 67.9 cm³/mol. The molecule has 1 aromatic rings. The average Bonchev–Trinajstić information content (AvgIpc) is 2.26. The SMILES string of the molecule is CC(C)CCC#C[C@@](C)(O)c1ccccc1. The molecule has 0 unspecified atom stereocenters. The van der Waals surface area contributed by atoms with Gasteiger partial charge in [-0.15, -0.1) is 0 Å². The third kappa shape index (κ3) is 4.08. The standard InChI is InChI=1S/C15H20O/c1-13(2)9-7-8-12-15(3,16)14-10-5-4-6-11-14/h4-6,10-11,13,16H,7,9H2,1-3H3/t15-/m1/s1. The molecule has 0 radical (unpaired) electrons. The third-order valence-electron chi connectivity index (χ3n) is 2.51. The second-order valence-corrected chi connectivity index (χ2v) is 4.67. The molecular weight excluding hydrogens is 196 g/mol. The van der Waals surface area contributed by atoms with Crippen LogP contribution < -0.4 is 0 Å². The van der Waals surface area contributed by atoms with Crippen molar-refractivity contribution >= 4 is 0 Å². The maximum Gasteiger partial charge on any atom is 0.148 e. The van der Waals surface area contributed by atoms with E-state index in [0.717, 1.165) is 18.4 Å². The zero-order valence-electron chi connectivity index (χ0n) is 10.3. The van der Waals surface area contributed by atoms with Gasteiger partial charge in [0.1, 0.15) is 5.60 Å². The molecule has 0 aliphatic rings. The molecule has 16 heavy (non-hydrogen) atoms. The van der Waals surface area contributed by atoms with E-state index in [4.69, 9.17) is 0 Å². The minimum Gasteiger partial charge on any atom is -0.374 e. The van der Waals surface area contributed by atoms with Gasteiger partial charge in [0, 0.05) is 6.42 Å². The lowest BCUT2D eigenvalue weighted by Crippen LogP contribution is -2.18. The second-order valence-electron chi connectivity index (χ2n) is 4.67. The largest absolute Gasteiger partial charge is 0.374 e. The highest BCUT2D eigenvalue weighted by molar-refractivity contribution is 5.30. The molecule has 0 heterocycles. The van der Waals surface area contributed by atoms with Crippen LogP contribution in [0.1, 0.15) is 39.2 Å². The smallest absolute Gasteiger partial charge is 0.148 e. The fourth-order valence-corrected chi connectivity index (χ4v) is 1.43. The van der Waals surface area contributed by atoms with Crippen molar-refractivity contribution in [3.05, 3.63) is 35.9 Å². The highest BCUT2D eigenvalue weighted by atomic mass is 16.3. The minimum absolute atomic E-state index is 0.663. The van der Waals surface area contributed by atoms with Crippen molar-refractivity contribution < 1.29 is 5.11 Å². The summed E-state index contributed by atoms with van der Waals surface area (Å²) >= 11 is 0. The molecule has 0 amide bonds. The number of benzene rings is 1. The van der Waals surface area contributed by atoms with Crippen LogP contribution in [0, 0.1) is 17.8 Å². The van der Waals surface area contributed by atoms with E-state index in [9.17, 15) is 5.11 Å². The predicted octanol–water partition coefficient (Wildman–Crippen LogP) is 3.33. The summed E-state index contributed by atoms with van der Waals surface area (Å²) in [4.78, 5) is 0. The van der Waals surface area contributed by atoms with Crippen LogP contribution in [-0.4, -0.2) is 5.11 Å². The Kier molecular flexibility index (Phi) is 4.58. The molecule has 1 rings (SSSR count). The van der Waals surface area contributed by atoms with Gasteiger partial charge in [0.05, 0.1) is 0 Å². The van der Waals surface area contributed by atoms with Gasteiger partial charge in [-0.05, 0) is 24.8 Å². The van der Waals surface area contributed by atoms with Gasteiger partial charge < -0.3 is 5.11 Å². The fourth-order valence-electron chi connectivity index (χ4n) is 1.43. The molecule has 86 valence electrons. The molecule has 0 fully saturated rings. The first-order valence-corrected chi connectivity index (χ1v) is 5.80. The lowest BCUT2D eigenvalue weighted by molar-refractivity contribution is 0.122.